The number of amides is 2. The molecule has 0 radical (unpaired) electrons. The van der Waals surface area contributed by atoms with Crippen molar-refractivity contribution in [1.29, 1.82) is 0 Å². The highest BCUT2D eigenvalue weighted by atomic mass is 16.5. The Labute approximate surface area is 197 Å². The molecular formula is C28H36N2O3. The van der Waals surface area contributed by atoms with Crippen molar-refractivity contribution in [2.24, 2.45) is 11.8 Å². The fraction of sp³-hybridized carbons (Fsp3) is 0.500. The van der Waals surface area contributed by atoms with Crippen LogP contribution >= 0.6 is 0 Å². The molecule has 176 valence electrons. The highest BCUT2D eigenvalue weighted by Crippen LogP contribution is 2.41. The molecule has 4 rings (SSSR count). The second-order valence-electron chi connectivity index (χ2n) is 9.97. The minimum absolute atomic E-state index is 0.103. The molecule has 1 heterocycles. The van der Waals surface area contributed by atoms with Gasteiger partial charge in [-0.1, -0.05) is 49.7 Å². The molecule has 0 saturated heterocycles. The standard InChI is InChI=1S/C28H36N2O3/c1-18(2)12-14-29-27(31)20(4)33-24-11-10-21-13-15-30(28(32)22-8-9-22)26(25(21)17-24)23-7-5-6-19(3)16-23/h5-7,10-11,16-18,20,22,26H,8-9,12-15H2,1-4H3,(H,29,31)/t20-,26-/m0/s1. The highest BCUT2D eigenvalue weighted by Gasteiger charge is 2.39. The predicted molar refractivity (Wildman–Crippen MR) is 130 cm³/mol. The van der Waals surface area contributed by atoms with Gasteiger partial charge in [-0.25, -0.2) is 0 Å². The number of hydrogen-bond donors (Lipinski definition) is 1. The van der Waals surface area contributed by atoms with Crippen LogP contribution in [0.3, 0.4) is 0 Å². The topological polar surface area (TPSA) is 58.6 Å². The number of nitrogens with zero attached hydrogens (tertiary/aromatic N) is 1. The number of carbonyl (C=O) groups excluding carboxylic acids is 2. The van der Waals surface area contributed by atoms with Gasteiger partial charge in [-0.2, -0.15) is 0 Å². The van der Waals surface area contributed by atoms with Crippen LogP contribution in [0.2, 0.25) is 0 Å². The third kappa shape index (κ3) is 5.58. The van der Waals surface area contributed by atoms with Crippen LogP contribution in [0, 0.1) is 18.8 Å². The molecule has 1 fully saturated rings. The van der Waals surface area contributed by atoms with Crippen LogP contribution in [0.5, 0.6) is 5.75 Å². The normalized spacial score (nSPS) is 18.6. The first-order valence-electron chi connectivity index (χ1n) is 12.3. The van der Waals surface area contributed by atoms with Crippen molar-refractivity contribution in [2.75, 3.05) is 13.1 Å². The Hall–Kier alpha value is -2.82. The minimum Gasteiger partial charge on any atom is -0.481 e. The van der Waals surface area contributed by atoms with Gasteiger partial charge in [-0.15, -0.1) is 0 Å². The van der Waals surface area contributed by atoms with Crippen molar-refractivity contribution >= 4 is 11.8 Å². The van der Waals surface area contributed by atoms with Gasteiger partial charge >= 0.3 is 0 Å². The SMILES string of the molecule is Cc1cccc([C@H]2c3cc(O[C@@H](C)C(=O)NCCC(C)C)ccc3CCN2C(=O)C2CC2)c1. The molecule has 33 heavy (non-hydrogen) atoms. The summed E-state index contributed by atoms with van der Waals surface area (Å²) in [7, 11) is 0. The number of nitrogens with one attached hydrogen (secondary N) is 1. The van der Waals surface area contributed by atoms with Crippen LogP contribution in [-0.2, 0) is 16.0 Å². The summed E-state index contributed by atoms with van der Waals surface area (Å²) in [6, 6.07) is 14.4. The molecule has 1 saturated carbocycles. The summed E-state index contributed by atoms with van der Waals surface area (Å²) < 4.78 is 6.05. The minimum atomic E-state index is -0.583. The van der Waals surface area contributed by atoms with E-state index in [1.165, 1.54) is 11.1 Å². The average molecular weight is 449 g/mol. The molecule has 2 aromatic rings. The van der Waals surface area contributed by atoms with E-state index in [2.05, 4.69) is 61.3 Å². The van der Waals surface area contributed by atoms with Crippen LogP contribution < -0.4 is 10.1 Å². The molecule has 0 aromatic heterocycles. The summed E-state index contributed by atoms with van der Waals surface area (Å²) in [5, 5.41) is 2.96. The van der Waals surface area contributed by atoms with Crippen molar-refractivity contribution in [1.82, 2.24) is 10.2 Å². The van der Waals surface area contributed by atoms with Crippen molar-refractivity contribution in [3.63, 3.8) is 0 Å². The van der Waals surface area contributed by atoms with Crippen LogP contribution in [0.25, 0.3) is 0 Å². The molecule has 2 aliphatic rings. The molecule has 2 atom stereocenters. The molecule has 5 nitrogen and oxygen atoms in total. The van der Waals surface area contributed by atoms with Crippen LogP contribution in [-0.4, -0.2) is 35.9 Å². The highest BCUT2D eigenvalue weighted by molar-refractivity contribution is 5.82. The van der Waals surface area contributed by atoms with Gasteiger partial charge in [0.05, 0.1) is 6.04 Å². The maximum absolute atomic E-state index is 13.2. The molecule has 0 bridgehead atoms. The third-order valence-corrected chi connectivity index (χ3v) is 6.62. The van der Waals surface area contributed by atoms with Gasteiger partial charge < -0.3 is 15.0 Å². The van der Waals surface area contributed by atoms with Crippen LogP contribution in [0.1, 0.15) is 68.3 Å². The average Bonchev–Trinajstić information content (AvgIpc) is 3.63. The molecule has 5 heteroatoms. The number of benzene rings is 2. The van der Waals surface area contributed by atoms with E-state index in [4.69, 9.17) is 4.74 Å². The quantitative estimate of drug-likeness (QED) is 0.631. The molecule has 1 aliphatic heterocycles. The van der Waals surface area contributed by atoms with E-state index in [0.29, 0.717) is 18.2 Å². The number of carbonyl (C=O) groups is 2. The van der Waals surface area contributed by atoms with Gasteiger partial charge in [0.1, 0.15) is 5.75 Å². The van der Waals surface area contributed by atoms with Gasteiger partial charge in [0.25, 0.3) is 5.91 Å². The molecule has 1 aliphatic carbocycles. The van der Waals surface area contributed by atoms with Crippen LogP contribution in [0.15, 0.2) is 42.5 Å². The van der Waals surface area contributed by atoms with Crippen molar-refractivity contribution in [3.8, 4) is 5.75 Å². The zero-order valence-corrected chi connectivity index (χ0v) is 20.3. The van der Waals surface area contributed by atoms with Gasteiger partial charge in [0.2, 0.25) is 5.91 Å². The zero-order chi connectivity index (χ0) is 23.5. The number of rotatable bonds is 8. The molecule has 2 aromatic carbocycles. The molecule has 2 amide bonds. The number of hydrogen-bond acceptors (Lipinski definition) is 3. The monoisotopic (exact) mass is 448 g/mol. The summed E-state index contributed by atoms with van der Waals surface area (Å²) in [5.41, 5.74) is 4.65. The van der Waals surface area contributed by atoms with Gasteiger partial charge in [-0.05, 0) is 74.3 Å². The lowest BCUT2D eigenvalue weighted by Gasteiger charge is -2.38. The van der Waals surface area contributed by atoms with Crippen LogP contribution in [0.4, 0.5) is 0 Å². The zero-order valence-electron chi connectivity index (χ0n) is 20.3. The fourth-order valence-electron chi connectivity index (χ4n) is 4.55. The first-order valence-corrected chi connectivity index (χ1v) is 12.3. The van der Waals surface area contributed by atoms with E-state index in [-0.39, 0.29) is 23.8 Å². The van der Waals surface area contributed by atoms with E-state index < -0.39 is 6.10 Å². The largest absolute Gasteiger partial charge is 0.481 e. The Kier molecular flexibility index (Phi) is 7.06. The molecule has 0 unspecified atom stereocenters. The predicted octanol–water partition coefficient (Wildman–Crippen LogP) is 4.81. The number of fused-ring (bicyclic) bond motifs is 1. The van der Waals surface area contributed by atoms with E-state index >= 15 is 0 Å². The summed E-state index contributed by atoms with van der Waals surface area (Å²) in [4.78, 5) is 27.7. The second-order valence-corrected chi connectivity index (χ2v) is 9.97. The Morgan fingerprint density at radius 2 is 1.91 bits per heavy atom. The first kappa shape index (κ1) is 23.3. The van der Waals surface area contributed by atoms with Crippen molar-refractivity contribution < 1.29 is 14.3 Å². The van der Waals surface area contributed by atoms with E-state index in [1.54, 1.807) is 6.92 Å². The lowest BCUT2D eigenvalue weighted by atomic mass is 9.87. The van der Waals surface area contributed by atoms with Gasteiger partial charge in [-0.3, -0.25) is 9.59 Å². The maximum atomic E-state index is 13.2. The van der Waals surface area contributed by atoms with E-state index in [0.717, 1.165) is 43.4 Å². The summed E-state index contributed by atoms with van der Waals surface area (Å²) >= 11 is 0. The summed E-state index contributed by atoms with van der Waals surface area (Å²) in [5.74, 6) is 1.54. The maximum Gasteiger partial charge on any atom is 0.260 e. The molecule has 1 N–H and O–H groups in total. The number of aryl methyl sites for hydroxylation is 1. The second kappa shape index (κ2) is 9.98. The third-order valence-electron chi connectivity index (χ3n) is 6.62. The summed E-state index contributed by atoms with van der Waals surface area (Å²) in [6.07, 6.45) is 3.19. The van der Waals surface area contributed by atoms with Crippen molar-refractivity contribution in [2.45, 2.75) is 65.5 Å². The van der Waals surface area contributed by atoms with E-state index in [9.17, 15) is 9.59 Å². The van der Waals surface area contributed by atoms with Crippen molar-refractivity contribution in [3.05, 3.63) is 64.7 Å². The summed E-state index contributed by atoms with van der Waals surface area (Å²) in [6.45, 7) is 9.53. The number of ether oxygens (including phenoxy) is 1. The molecule has 0 spiro atoms. The Morgan fingerprint density at radius 3 is 2.61 bits per heavy atom. The van der Waals surface area contributed by atoms with Gasteiger partial charge in [0.15, 0.2) is 6.10 Å². The molecular weight excluding hydrogens is 412 g/mol. The smallest absolute Gasteiger partial charge is 0.260 e. The Morgan fingerprint density at radius 1 is 1.12 bits per heavy atom. The fourth-order valence-corrected chi connectivity index (χ4v) is 4.55. The van der Waals surface area contributed by atoms with Gasteiger partial charge in [0, 0.05) is 19.0 Å². The Bertz CT molecular complexity index is 1010. The lowest BCUT2D eigenvalue weighted by molar-refractivity contribution is -0.134. The first-order chi connectivity index (χ1) is 15.8. The lowest BCUT2D eigenvalue weighted by Crippen LogP contribution is -2.41. The van der Waals surface area contributed by atoms with E-state index in [1.807, 2.05) is 12.1 Å². The Balaban J connectivity index is 1.58.